The van der Waals surface area contributed by atoms with Crippen LogP contribution in [0.4, 0.5) is 10.2 Å². The first-order valence-electron chi connectivity index (χ1n) is 7.61. The lowest BCUT2D eigenvalue weighted by atomic mass is 10.1. The maximum Gasteiger partial charge on any atom is 0.135 e. The Morgan fingerprint density at radius 2 is 2.05 bits per heavy atom. The average molecular weight is 285 g/mol. The molecule has 0 saturated heterocycles. The van der Waals surface area contributed by atoms with Crippen LogP contribution in [0, 0.1) is 5.82 Å². The molecule has 1 N–H and O–H groups in total. The van der Waals surface area contributed by atoms with Crippen LogP contribution in [-0.2, 0) is 6.42 Å². The molecule has 1 fully saturated rings. The molecule has 21 heavy (non-hydrogen) atoms. The summed E-state index contributed by atoms with van der Waals surface area (Å²) in [6.45, 7) is 3.01. The molecule has 4 heteroatoms. The van der Waals surface area contributed by atoms with Gasteiger partial charge in [-0.2, -0.15) is 0 Å². The Hall–Kier alpha value is -1.97. The van der Waals surface area contributed by atoms with Crippen LogP contribution in [0.3, 0.4) is 0 Å². The van der Waals surface area contributed by atoms with Crippen LogP contribution in [-0.4, -0.2) is 16.5 Å². The molecule has 0 amide bonds. The van der Waals surface area contributed by atoms with Gasteiger partial charge in [-0.15, -0.1) is 0 Å². The fourth-order valence-electron chi connectivity index (χ4n) is 2.34. The number of halogens is 1. The van der Waals surface area contributed by atoms with Gasteiger partial charge < -0.3 is 5.32 Å². The molecular weight excluding hydrogens is 265 g/mol. The molecule has 0 radical (unpaired) electrons. The number of rotatable bonds is 6. The van der Waals surface area contributed by atoms with E-state index in [0.717, 1.165) is 24.5 Å². The van der Waals surface area contributed by atoms with Crippen molar-refractivity contribution in [2.45, 2.75) is 38.5 Å². The Balaban J connectivity index is 1.86. The third-order valence-electron chi connectivity index (χ3n) is 3.65. The number of benzene rings is 1. The van der Waals surface area contributed by atoms with Crippen LogP contribution in [0.25, 0.3) is 0 Å². The molecular formula is C17H20FN3. The van der Waals surface area contributed by atoms with Gasteiger partial charge in [0.05, 0.1) is 0 Å². The van der Waals surface area contributed by atoms with E-state index in [1.165, 1.54) is 18.9 Å². The predicted octanol–water partition coefficient (Wildman–Crippen LogP) is 3.91. The molecule has 110 valence electrons. The second-order valence-electron chi connectivity index (χ2n) is 5.56. The molecule has 0 aliphatic heterocycles. The van der Waals surface area contributed by atoms with E-state index in [9.17, 15) is 4.39 Å². The van der Waals surface area contributed by atoms with E-state index in [1.54, 1.807) is 12.1 Å². The number of nitrogens with one attached hydrogen (secondary N) is 1. The van der Waals surface area contributed by atoms with Gasteiger partial charge in [-0.05, 0) is 30.9 Å². The maximum absolute atomic E-state index is 13.8. The summed E-state index contributed by atoms with van der Waals surface area (Å²) in [7, 11) is 0. The van der Waals surface area contributed by atoms with Gasteiger partial charge in [-0.1, -0.05) is 25.1 Å². The summed E-state index contributed by atoms with van der Waals surface area (Å²) in [5.74, 6) is 1.93. The van der Waals surface area contributed by atoms with Crippen LogP contribution in [0.5, 0.6) is 0 Å². The van der Waals surface area contributed by atoms with E-state index in [-0.39, 0.29) is 5.82 Å². The molecule has 3 nitrogen and oxygen atoms in total. The fraction of sp³-hybridized carbons (Fsp3) is 0.412. The van der Waals surface area contributed by atoms with Crippen molar-refractivity contribution < 1.29 is 4.39 Å². The van der Waals surface area contributed by atoms with E-state index in [0.29, 0.717) is 23.7 Å². The van der Waals surface area contributed by atoms with Crippen molar-refractivity contribution in [1.29, 1.82) is 0 Å². The van der Waals surface area contributed by atoms with Crippen LogP contribution in [0.15, 0.2) is 30.3 Å². The average Bonchev–Trinajstić information content (AvgIpc) is 3.32. The van der Waals surface area contributed by atoms with Gasteiger partial charge in [0, 0.05) is 30.6 Å². The second kappa shape index (κ2) is 6.20. The smallest absolute Gasteiger partial charge is 0.135 e. The van der Waals surface area contributed by atoms with Crippen LogP contribution >= 0.6 is 0 Å². The Bertz CT molecular complexity index is 623. The second-order valence-corrected chi connectivity index (χ2v) is 5.56. The van der Waals surface area contributed by atoms with E-state index in [4.69, 9.17) is 0 Å². The third-order valence-corrected chi connectivity index (χ3v) is 3.65. The maximum atomic E-state index is 13.8. The lowest BCUT2D eigenvalue weighted by Crippen LogP contribution is -2.08. The predicted molar refractivity (Wildman–Crippen MR) is 82.0 cm³/mol. The molecule has 3 rings (SSSR count). The molecule has 0 atom stereocenters. The first-order valence-corrected chi connectivity index (χ1v) is 7.61. The summed E-state index contributed by atoms with van der Waals surface area (Å²) in [4.78, 5) is 9.15. The minimum Gasteiger partial charge on any atom is -0.370 e. The summed E-state index contributed by atoms with van der Waals surface area (Å²) in [5, 5.41) is 3.31. The van der Waals surface area contributed by atoms with Crippen molar-refractivity contribution in [3.8, 4) is 0 Å². The van der Waals surface area contributed by atoms with Gasteiger partial charge in [0.15, 0.2) is 0 Å². The van der Waals surface area contributed by atoms with Crippen molar-refractivity contribution in [3.63, 3.8) is 0 Å². The Morgan fingerprint density at radius 3 is 2.76 bits per heavy atom. The van der Waals surface area contributed by atoms with Crippen molar-refractivity contribution in [2.75, 3.05) is 11.9 Å². The molecule has 0 unspecified atom stereocenters. The molecule has 1 aromatic heterocycles. The quantitative estimate of drug-likeness (QED) is 0.874. The summed E-state index contributed by atoms with van der Waals surface area (Å²) >= 11 is 0. The minimum absolute atomic E-state index is 0.194. The molecule has 1 aliphatic rings. The van der Waals surface area contributed by atoms with Crippen molar-refractivity contribution in [3.05, 3.63) is 53.2 Å². The number of anilines is 1. The Kier molecular flexibility index (Phi) is 4.13. The van der Waals surface area contributed by atoms with E-state index in [2.05, 4.69) is 22.2 Å². The van der Waals surface area contributed by atoms with E-state index >= 15 is 0 Å². The van der Waals surface area contributed by atoms with Crippen molar-refractivity contribution in [2.24, 2.45) is 0 Å². The van der Waals surface area contributed by atoms with Crippen molar-refractivity contribution in [1.82, 2.24) is 9.97 Å². The van der Waals surface area contributed by atoms with Gasteiger partial charge in [0.1, 0.15) is 17.5 Å². The third kappa shape index (κ3) is 3.57. The van der Waals surface area contributed by atoms with Crippen LogP contribution in [0.2, 0.25) is 0 Å². The molecule has 0 bridgehead atoms. The zero-order valence-electron chi connectivity index (χ0n) is 12.3. The molecule has 2 aromatic rings. The molecule has 1 saturated carbocycles. The molecule has 1 aliphatic carbocycles. The largest absolute Gasteiger partial charge is 0.370 e. The summed E-state index contributed by atoms with van der Waals surface area (Å²) in [6, 6.07) is 8.87. The fourth-order valence-corrected chi connectivity index (χ4v) is 2.34. The SMILES string of the molecule is CCCNc1cc(C2CC2)nc(Cc2ccccc2F)n1. The number of aromatic nitrogens is 2. The number of hydrogen-bond acceptors (Lipinski definition) is 3. The van der Waals surface area contributed by atoms with Crippen LogP contribution in [0.1, 0.15) is 49.2 Å². The van der Waals surface area contributed by atoms with Gasteiger partial charge in [-0.3, -0.25) is 0 Å². The van der Waals surface area contributed by atoms with Crippen molar-refractivity contribution >= 4 is 5.82 Å². The van der Waals surface area contributed by atoms with Gasteiger partial charge in [0.2, 0.25) is 0 Å². The zero-order chi connectivity index (χ0) is 14.7. The monoisotopic (exact) mass is 285 g/mol. The number of nitrogens with zero attached hydrogens (tertiary/aromatic N) is 2. The first kappa shape index (κ1) is 14.0. The standard InChI is InChI=1S/C17H20FN3/c1-2-9-19-16-11-15(12-7-8-12)20-17(21-16)10-13-5-3-4-6-14(13)18/h3-6,11-12H,2,7-10H2,1H3,(H,19,20,21). The molecule has 1 heterocycles. The highest BCUT2D eigenvalue weighted by atomic mass is 19.1. The first-order chi connectivity index (χ1) is 10.3. The highest BCUT2D eigenvalue weighted by Crippen LogP contribution is 2.39. The topological polar surface area (TPSA) is 37.8 Å². The zero-order valence-corrected chi connectivity index (χ0v) is 12.3. The van der Waals surface area contributed by atoms with E-state index < -0.39 is 0 Å². The van der Waals surface area contributed by atoms with E-state index in [1.807, 2.05) is 12.1 Å². The van der Waals surface area contributed by atoms with Gasteiger partial charge >= 0.3 is 0 Å². The lowest BCUT2D eigenvalue weighted by Gasteiger charge is -2.09. The molecule has 1 aromatic carbocycles. The highest BCUT2D eigenvalue weighted by molar-refractivity contribution is 5.39. The Labute approximate surface area is 124 Å². The van der Waals surface area contributed by atoms with Gasteiger partial charge in [-0.25, -0.2) is 14.4 Å². The highest BCUT2D eigenvalue weighted by Gasteiger charge is 2.26. The number of hydrogen-bond donors (Lipinski definition) is 1. The van der Waals surface area contributed by atoms with Crippen LogP contribution < -0.4 is 5.32 Å². The minimum atomic E-state index is -0.194. The molecule has 0 spiro atoms. The summed E-state index contributed by atoms with van der Waals surface area (Å²) in [6.07, 6.45) is 3.88. The Morgan fingerprint density at radius 1 is 1.24 bits per heavy atom. The summed E-state index contributed by atoms with van der Waals surface area (Å²) < 4.78 is 13.8. The lowest BCUT2D eigenvalue weighted by molar-refractivity contribution is 0.612. The van der Waals surface area contributed by atoms with Gasteiger partial charge in [0.25, 0.3) is 0 Å². The normalized spacial score (nSPS) is 14.2. The summed E-state index contributed by atoms with van der Waals surface area (Å²) in [5.41, 5.74) is 1.74.